The zero-order valence-corrected chi connectivity index (χ0v) is 37.7. The van der Waals surface area contributed by atoms with Gasteiger partial charge in [-0.2, -0.15) is 0 Å². The Kier molecular flexibility index (Phi) is 16.7. The molecule has 0 bridgehead atoms. The van der Waals surface area contributed by atoms with Crippen LogP contribution in [0.15, 0.2) is 79.4 Å². The molecule has 5 aromatic rings. The maximum Gasteiger partial charge on any atom is 0.419 e. The maximum absolute atomic E-state index is 14.5. The molecule has 4 atom stereocenters. The highest BCUT2D eigenvalue weighted by Gasteiger charge is 2.33. The van der Waals surface area contributed by atoms with E-state index in [4.69, 9.17) is 38.4 Å². The highest BCUT2D eigenvalue weighted by atomic mass is 35.5. The highest BCUT2D eigenvalue weighted by molar-refractivity contribution is 6.31. The Bertz CT molecular complexity index is 2740. The lowest BCUT2D eigenvalue weighted by molar-refractivity contribution is -0.129. The number of nitrogens with zero attached hydrogens (tertiary/aromatic N) is 2. The van der Waals surface area contributed by atoms with Crippen LogP contribution >= 0.6 is 35.6 Å². The summed E-state index contributed by atoms with van der Waals surface area (Å²) in [5, 5.41) is 12.8. The maximum atomic E-state index is 14.5. The lowest BCUT2D eigenvalue weighted by Gasteiger charge is -2.26. The third-order valence-corrected chi connectivity index (χ3v) is 11.6. The lowest BCUT2D eigenvalue weighted by atomic mass is 10.0. The summed E-state index contributed by atoms with van der Waals surface area (Å²) in [4.78, 5) is 73.5. The van der Waals surface area contributed by atoms with Gasteiger partial charge in [0.05, 0.1) is 41.0 Å². The van der Waals surface area contributed by atoms with Crippen molar-refractivity contribution in [2.75, 3.05) is 23.8 Å². The van der Waals surface area contributed by atoms with E-state index in [2.05, 4.69) is 31.6 Å². The van der Waals surface area contributed by atoms with Crippen LogP contribution in [0.25, 0.3) is 0 Å². The predicted molar refractivity (Wildman–Crippen MR) is 242 cm³/mol. The molecule has 0 saturated carbocycles. The van der Waals surface area contributed by atoms with Crippen molar-refractivity contribution in [3.8, 4) is 0 Å². The number of benzene rings is 4. The summed E-state index contributed by atoms with van der Waals surface area (Å²) in [7, 11) is 0. The number of halogens is 7. The third-order valence-electron chi connectivity index (χ3n) is 11.0. The number of amides is 5. The van der Waals surface area contributed by atoms with Crippen molar-refractivity contribution in [1.82, 2.24) is 25.5 Å². The van der Waals surface area contributed by atoms with Crippen molar-refractivity contribution in [3.63, 3.8) is 0 Å². The molecular weight excluding hydrogens is 963 g/mol. The highest BCUT2D eigenvalue weighted by Crippen LogP contribution is 2.37. The van der Waals surface area contributed by atoms with E-state index in [1.807, 2.05) is 0 Å². The minimum atomic E-state index is -0.728. The molecule has 2 fully saturated rings. The molecule has 7 N–H and O–H groups in total. The van der Waals surface area contributed by atoms with Crippen LogP contribution in [0.1, 0.15) is 80.7 Å². The number of carbonyl (C=O) groups excluding carboxylic acids is 6. The van der Waals surface area contributed by atoms with E-state index in [-0.39, 0.29) is 82.6 Å². The number of rotatable bonds is 9. The summed E-state index contributed by atoms with van der Waals surface area (Å²) in [6, 6.07) is 11.6. The van der Waals surface area contributed by atoms with Crippen LogP contribution in [0.2, 0.25) is 10.0 Å². The van der Waals surface area contributed by atoms with Crippen LogP contribution in [0.5, 0.6) is 0 Å². The first-order valence-electron chi connectivity index (χ1n) is 20.6. The van der Waals surface area contributed by atoms with Crippen LogP contribution in [0.4, 0.5) is 38.5 Å². The molecule has 3 heterocycles. The average Bonchev–Trinajstić information content (AvgIpc) is 4.06. The number of aromatic nitrogens is 2. The minimum absolute atomic E-state index is 0. The van der Waals surface area contributed by atoms with Crippen molar-refractivity contribution in [2.24, 2.45) is 5.73 Å². The third kappa shape index (κ3) is 12.2. The van der Waals surface area contributed by atoms with Gasteiger partial charge in [0.1, 0.15) is 42.8 Å². The molecule has 23 heteroatoms. The minimum Gasteiger partial charge on any atom is -0.447 e. The van der Waals surface area contributed by atoms with Crippen molar-refractivity contribution < 1.29 is 55.8 Å². The van der Waals surface area contributed by atoms with Gasteiger partial charge >= 0.3 is 12.2 Å². The molecule has 2 aliphatic heterocycles. The molecule has 358 valence electrons. The summed E-state index contributed by atoms with van der Waals surface area (Å²) in [6.07, 6.45) is 5.81. The Morgan fingerprint density at radius 2 is 1.21 bits per heavy atom. The Balaban J connectivity index is 0.000000179. The molecule has 2 saturated heterocycles. The molecule has 4 aliphatic rings. The number of nitrogens with one attached hydrogen (secondary N) is 5. The number of fused-ring (bicyclic) bond motifs is 2. The SMILES string of the molecule is Cl.N[C@H]1CCc2c(C(=O)Nc3ccc(F)c(Cl)c3)ccc(F)c21.O=C1CC(COC(=O)N[C@H]2CCc3c(C(=O)Nc4ccc(F)c(Cl)c4)ccc(F)c32)N1.O=C1CC(COC(=O)n2ccnc2)N1. The molecule has 1 aromatic heterocycles. The van der Waals surface area contributed by atoms with E-state index >= 15 is 0 Å². The average molecular weight is 1000 g/mol. The van der Waals surface area contributed by atoms with E-state index in [1.165, 1.54) is 77.9 Å². The number of hydrogen-bond donors (Lipinski definition) is 6. The van der Waals surface area contributed by atoms with Crippen molar-refractivity contribution in [3.05, 3.63) is 146 Å². The molecule has 0 spiro atoms. The quantitative estimate of drug-likeness (QED) is 0.0631. The van der Waals surface area contributed by atoms with Crippen molar-refractivity contribution in [2.45, 2.75) is 62.7 Å². The van der Waals surface area contributed by atoms with Crippen LogP contribution in [0.3, 0.4) is 0 Å². The van der Waals surface area contributed by atoms with E-state index < -0.39 is 47.5 Å². The topological polar surface area (TPSA) is 225 Å². The number of nitrogens with two attached hydrogens (primary N) is 1. The van der Waals surface area contributed by atoms with E-state index in [0.29, 0.717) is 72.2 Å². The second-order valence-corrected chi connectivity index (χ2v) is 16.4. The summed E-state index contributed by atoms with van der Waals surface area (Å²) in [5.74, 6) is -3.10. The number of imidazole rings is 1. The number of carbonyl (C=O) groups is 6. The summed E-state index contributed by atoms with van der Waals surface area (Å²) in [5.41, 5.74) is 8.95. The zero-order valence-electron chi connectivity index (χ0n) is 35.4. The Labute approximate surface area is 401 Å². The second-order valence-electron chi connectivity index (χ2n) is 15.6. The summed E-state index contributed by atoms with van der Waals surface area (Å²) in [6.45, 7) is 0.241. The van der Waals surface area contributed by atoms with Gasteiger partial charge in [-0.05, 0) is 97.5 Å². The fourth-order valence-electron chi connectivity index (χ4n) is 7.62. The first-order valence-corrected chi connectivity index (χ1v) is 21.4. The van der Waals surface area contributed by atoms with Gasteiger partial charge in [0, 0.05) is 52.1 Å². The van der Waals surface area contributed by atoms with Gasteiger partial charge in [-0.25, -0.2) is 36.7 Å². The molecule has 2 aliphatic carbocycles. The summed E-state index contributed by atoms with van der Waals surface area (Å²) < 4.78 is 66.1. The molecule has 5 amide bonds. The fourth-order valence-corrected chi connectivity index (χ4v) is 7.98. The van der Waals surface area contributed by atoms with Crippen molar-refractivity contribution >= 4 is 82.8 Å². The molecular formula is C45H41Cl3F4N8O8. The van der Waals surface area contributed by atoms with Gasteiger partial charge in [-0.1, -0.05) is 23.2 Å². The monoisotopic (exact) mass is 1000 g/mol. The number of hydrogen-bond acceptors (Lipinski definition) is 10. The fraction of sp³-hybridized carbons (Fsp3) is 0.267. The predicted octanol–water partition coefficient (Wildman–Crippen LogP) is 7.47. The number of ether oxygens (including phenoxy) is 2. The van der Waals surface area contributed by atoms with Gasteiger partial charge in [-0.3, -0.25) is 19.2 Å². The summed E-state index contributed by atoms with van der Waals surface area (Å²) >= 11 is 11.4. The van der Waals surface area contributed by atoms with E-state index in [9.17, 15) is 46.3 Å². The first-order chi connectivity index (χ1) is 32.0. The zero-order chi connectivity index (χ0) is 47.9. The van der Waals surface area contributed by atoms with Crippen LogP contribution in [0, 0.1) is 23.3 Å². The van der Waals surface area contributed by atoms with Gasteiger partial charge in [0.2, 0.25) is 11.8 Å². The van der Waals surface area contributed by atoms with Crippen LogP contribution in [-0.4, -0.2) is 70.7 Å². The Morgan fingerprint density at radius 1 is 0.721 bits per heavy atom. The number of alkyl carbamates (subject to hydrolysis) is 1. The molecule has 9 rings (SSSR count). The first kappa shape index (κ1) is 50.7. The van der Waals surface area contributed by atoms with Gasteiger partial charge in [0.25, 0.3) is 11.8 Å². The Hall–Kier alpha value is -6.74. The van der Waals surface area contributed by atoms with E-state index in [1.54, 1.807) is 0 Å². The Morgan fingerprint density at radius 3 is 1.71 bits per heavy atom. The standard InChI is InChI=1S/C21H18ClF2N3O4.C16H13ClF2N2O.C8H9N3O3.ClH/c22-14-7-10(1-4-15(14)23)26-20(29)13-2-5-16(24)19-12(13)3-6-17(19)27-21(30)31-9-11-8-18(28)25-11;17-11-7-8(1-4-12(11)18)21-16(22)10-2-5-13(19)15-9(10)3-6-14(15)20;12-7-3-6(10-7)4-14-8(13)11-2-1-9-5-11;/h1-2,4-5,7,11,17H,3,6,8-9H2,(H,25,28)(H,26,29)(H,27,30);1-2,4-5,7,14H,3,6,20H2,(H,21,22);1-2,5-6H,3-4H2,(H,10,12);1H/t11?,17-;14-;;/m00../s1. The molecule has 4 aromatic carbocycles. The normalized spacial score (nSPS) is 18.1. The van der Waals surface area contributed by atoms with Crippen molar-refractivity contribution in [1.29, 1.82) is 0 Å². The smallest absolute Gasteiger partial charge is 0.419 e. The largest absolute Gasteiger partial charge is 0.447 e. The second kappa shape index (κ2) is 22.4. The number of anilines is 2. The number of β-lactam (4-membered cyclic amide) rings is 2. The van der Waals surface area contributed by atoms with E-state index in [0.717, 1.165) is 6.07 Å². The van der Waals surface area contributed by atoms with Gasteiger partial charge in [0.15, 0.2) is 0 Å². The molecule has 2 unspecified atom stereocenters. The molecule has 68 heavy (non-hydrogen) atoms. The van der Waals surface area contributed by atoms with Gasteiger partial charge < -0.3 is 41.8 Å². The van der Waals surface area contributed by atoms with Crippen LogP contribution in [-0.2, 0) is 31.9 Å². The molecule has 16 nitrogen and oxygen atoms in total. The lowest BCUT2D eigenvalue weighted by Crippen LogP contribution is -2.51. The molecule has 0 radical (unpaired) electrons. The van der Waals surface area contributed by atoms with Crippen LogP contribution < -0.4 is 32.3 Å². The van der Waals surface area contributed by atoms with Gasteiger partial charge in [-0.15, -0.1) is 12.4 Å².